The average Bonchev–Trinajstić information content (AvgIpc) is 3.06. The van der Waals surface area contributed by atoms with Crippen molar-refractivity contribution in [1.29, 1.82) is 0 Å². The molecule has 1 aromatic carbocycles. The van der Waals surface area contributed by atoms with Crippen molar-refractivity contribution in [2.45, 2.75) is 18.4 Å². The van der Waals surface area contributed by atoms with E-state index in [9.17, 15) is 14.7 Å². The number of thioether (sulfide) groups is 1. The molecular formula is C15H16N4O3S. The Bertz CT molecular complexity index is 711. The van der Waals surface area contributed by atoms with E-state index < -0.39 is 17.4 Å². The summed E-state index contributed by atoms with van der Waals surface area (Å²) in [5, 5.41) is 20.3. The summed E-state index contributed by atoms with van der Waals surface area (Å²) in [7, 11) is 0. The van der Waals surface area contributed by atoms with Crippen LogP contribution in [0.5, 0.6) is 0 Å². The Kier molecular flexibility index (Phi) is 4.33. The van der Waals surface area contributed by atoms with Gasteiger partial charge in [-0.3, -0.25) is 4.79 Å². The predicted molar refractivity (Wildman–Crippen MR) is 85.8 cm³/mol. The van der Waals surface area contributed by atoms with Crippen LogP contribution >= 0.6 is 11.8 Å². The number of hydrogen-bond acceptors (Lipinski definition) is 5. The van der Waals surface area contributed by atoms with Crippen molar-refractivity contribution in [3.05, 3.63) is 42.2 Å². The first-order chi connectivity index (χ1) is 11.1. The number of carboxylic acids is 1. The standard InChI is InChI=1S/C15H16N4O3S/c20-13(17-15(14(21)22)6-8-23-9-7-15)12-10-16-19(18-12)11-4-2-1-3-5-11/h1-5,10H,6-9H2,(H,17,20)(H,21,22). The Morgan fingerprint density at radius 2 is 1.91 bits per heavy atom. The second kappa shape index (κ2) is 6.41. The molecule has 0 aliphatic carbocycles. The van der Waals surface area contributed by atoms with Crippen molar-refractivity contribution in [3.8, 4) is 5.69 Å². The number of amides is 1. The number of aromatic nitrogens is 3. The number of rotatable bonds is 4. The second-order valence-corrected chi connectivity index (χ2v) is 6.53. The summed E-state index contributed by atoms with van der Waals surface area (Å²) in [6, 6.07) is 9.20. The van der Waals surface area contributed by atoms with Gasteiger partial charge in [0.25, 0.3) is 5.91 Å². The van der Waals surface area contributed by atoms with Gasteiger partial charge in [-0.25, -0.2) is 4.79 Å². The van der Waals surface area contributed by atoms with Gasteiger partial charge in [0.15, 0.2) is 5.69 Å². The van der Waals surface area contributed by atoms with Gasteiger partial charge in [-0.15, -0.1) is 5.10 Å². The van der Waals surface area contributed by atoms with E-state index in [4.69, 9.17) is 0 Å². The van der Waals surface area contributed by atoms with Crippen LogP contribution in [0.3, 0.4) is 0 Å². The van der Waals surface area contributed by atoms with Gasteiger partial charge in [0.1, 0.15) is 5.54 Å². The third-order valence-corrected chi connectivity index (χ3v) is 4.81. The molecule has 1 saturated heterocycles. The fraction of sp³-hybridized carbons (Fsp3) is 0.333. The SMILES string of the molecule is O=C(NC1(C(=O)O)CCSCC1)c1cnn(-c2ccccc2)n1. The van der Waals surface area contributed by atoms with Gasteiger partial charge in [0, 0.05) is 0 Å². The minimum absolute atomic E-state index is 0.104. The van der Waals surface area contributed by atoms with E-state index in [-0.39, 0.29) is 5.69 Å². The van der Waals surface area contributed by atoms with E-state index >= 15 is 0 Å². The van der Waals surface area contributed by atoms with Gasteiger partial charge >= 0.3 is 5.97 Å². The second-order valence-electron chi connectivity index (χ2n) is 5.31. The zero-order chi connectivity index (χ0) is 16.3. The number of nitrogens with one attached hydrogen (secondary N) is 1. The lowest BCUT2D eigenvalue weighted by molar-refractivity contribution is -0.144. The molecule has 0 atom stereocenters. The number of carbonyl (C=O) groups is 2. The number of hydrogen-bond donors (Lipinski definition) is 2. The average molecular weight is 332 g/mol. The summed E-state index contributed by atoms with van der Waals surface area (Å²) in [4.78, 5) is 25.3. The van der Waals surface area contributed by atoms with Crippen molar-refractivity contribution < 1.29 is 14.7 Å². The lowest BCUT2D eigenvalue weighted by atomic mass is 9.92. The molecule has 8 heteroatoms. The molecule has 7 nitrogen and oxygen atoms in total. The monoisotopic (exact) mass is 332 g/mol. The van der Waals surface area contributed by atoms with Crippen LogP contribution in [-0.2, 0) is 4.79 Å². The van der Waals surface area contributed by atoms with Crippen molar-refractivity contribution in [1.82, 2.24) is 20.3 Å². The van der Waals surface area contributed by atoms with Gasteiger partial charge in [0.2, 0.25) is 0 Å². The van der Waals surface area contributed by atoms with Crippen molar-refractivity contribution in [3.63, 3.8) is 0 Å². The number of carboxylic acid groups (broad SMARTS) is 1. The fourth-order valence-corrected chi connectivity index (χ4v) is 3.64. The molecule has 3 rings (SSSR count). The number of carbonyl (C=O) groups excluding carboxylic acids is 1. The maximum atomic E-state index is 12.4. The Morgan fingerprint density at radius 1 is 1.22 bits per heavy atom. The molecule has 1 fully saturated rings. The maximum Gasteiger partial charge on any atom is 0.329 e. The number of para-hydroxylation sites is 1. The first kappa shape index (κ1) is 15.5. The molecule has 0 spiro atoms. The van der Waals surface area contributed by atoms with Crippen LogP contribution in [0.15, 0.2) is 36.5 Å². The summed E-state index contributed by atoms with van der Waals surface area (Å²) in [6.45, 7) is 0. The molecule has 2 N–H and O–H groups in total. The Balaban J connectivity index is 1.78. The minimum Gasteiger partial charge on any atom is -0.480 e. The van der Waals surface area contributed by atoms with E-state index in [2.05, 4.69) is 15.5 Å². The zero-order valence-electron chi connectivity index (χ0n) is 12.3. The topological polar surface area (TPSA) is 97.1 Å². The molecule has 0 saturated carbocycles. The third-order valence-electron chi connectivity index (χ3n) is 3.82. The minimum atomic E-state index is -1.21. The van der Waals surface area contributed by atoms with Crippen molar-refractivity contribution >= 4 is 23.6 Å². The molecule has 23 heavy (non-hydrogen) atoms. The summed E-state index contributed by atoms with van der Waals surface area (Å²) < 4.78 is 0. The Morgan fingerprint density at radius 3 is 2.57 bits per heavy atom. The van der Waals surface area contributed by atoms with Gasteiger partial charge in [0.05, 0.1) is 11.9 Å². The van der Waals surface area contributed by atoms with Crippen LogP contribution in [0, 0.1) is 0 Å². The van der Waals surface area contributed by atoms with E-state index in [1.807, 2.05) is 30.3 Å². The van der Waals surface area contributed by atoms with E-state index in [1.165, 1.54) is 11.0 Å². The predicted octanol–water partition coefficient (Wildman–Crippen LogP) is 1.35. The molecule has 0 bridgehead atoms. The molecule has 1 aromatic heterocycles. The van der Waals surface area contributed by atoms with E-state index in [1.54, 1.807) is 11.8 Å². The highest BCUT2D eigenvalue weighted by atomic mass is 32.2. The van der Waals surface area contributed by atoms with Crippen LogP contribution < -0.4 is 5.32 Å². The highest BCUT2D eigenvalue weighted by molar-refractivity contribution is 7.99. The highest BCUT2D eigenvalue weighted by Crippen LogP contribution is 2.27. The van der Waals surface area contributed by atoms with Gasteiger partial charge in [-0.2, -0.15) is 21.7 Å². The summed E-state index contributed by atoms with van der Waals surface area (Å²) in [5.74, 6) is -0.0878. The number of nitrogens with zero attached hydrogens (tertiary/aromatic N) is 3. The molecule has 1 amide bonds. The van der Waals surface area contributed by atoms with Gasteiger partial charge < -0.3 is 10.4 Å². The lowest BCUT2D eigenvalue weighted by Gasteiger charge is -2.33. The summed E-state index contributed by atoms with van der Waals surface area (Å²) in [6.07, 6.45) is 2.16. The third kappa shape index (κ3) is 3.21. The molecule has 120 valence electrons. The quantitative estimate of drug-likeness (QED) is 0.877. The Labute approximate surface area is 137 Å². The van der Waals surface area contributed by atoms with Crippen LogP contribution in [0.1, 0.15) is 23.3 Å². The summed E-state index contributed by atoms with van der Waals surface area (Å²) in [5.41, 5.74) is -0.375. The maximum absolute atomic E-state index is 12.4. The van der Waals surface area contributed by atoms with Crippen molar-refractivity contribution in [2.75, 3.05) is 11.5 Å². The normalized spacial score (nSPS) is 16.7. The summed E-state index contributed by atoms with van der Waals surface area (Å²) >= 11 is 1.69. The fourth-order valence-electron chi connectivity index (χ4n) is 2.45. The first-order valence-corrected chi connectivity index (χ1v) is 8.38. The van der Waals surface area contributed by atoms with Crippen molar-refractivity contribution in [2.24, 2.45) is 0 Å². The zero-order valence-corrected chi connectivity index (χ0v) is 13.1. The van der Waals surface area contributed by atoms with Gasteiger partial charge in [-0.05, 0) is 36.5 Å². The number of benzene rings is 1. The highest BCUT2D eigenvalue weighted by Gasteiger charge is 2.41. The van der Waals surface area contributed by atoms with Gasteiger partial charge in [-0.1, -0.05) is 18.2 Å². The molecule has 1 aliphatic heterocycles. The molecular weight excluding hydrogens is 316 g/mol. The molecule has 0 unspecified atom stereocenters. The lowest BCUT2D eigenvalue weighted by Crippen LogP contribution is -2.56. The molecule has 0 radical (unpaired) electrons. The van der Waals surface area contributed by atoms with E-state index in [0.29, 0.717) is 24.3 Å². The smallest absolute Gasteiger partial charge is 0.329 e. The molecule has 2 heterocycles. The Hall–Kier alpha value is -2.35. The molecule has 2 aromatic rings. The van der Waals surface area contributed by atoms with Crippen LogP contribution in [0.25, 0.3) is 5.69 Å². The molecule has 1 aliphatic rings. The van der Waals surface area contributed by atoms with Crippen LogP contribution in [0.2, 0.25) is 0 Å². The largest absolute Gasteiger partial charge is 0.480 e. The first-order valence-electron chi connectivity index (χ1n) is 7.22. The van der Waals surface area contributed by atoms with Crippen LogP contribution in [-0.4, -0.2) is 49.0 Å². The number of aliphatic carboxylic acids is 1. The van der Waals surface area contributed by atoms with Crippen LogP contribution in [0.4, 0.5) is 0 Å². The van der Waals surface area contributed by atoms with E-state index in [0.717, 1.165) is 5.69 Å².